The Kier molecular flexibility index (Phi) is 6.00. The van der Waals surface area contributed by atoms with Gasteiger partial charge in [-0.05, 0) is 43.9 Å². The van der Waals surface area contributed by atoms with Gasteiger partial charge in [-0.3, -0.25) is 4.99 Å². The van der Waals surface area contributed by atoms with Crippen molar-refractivity contribution >= 4 is 33.7 Å². The Labute approximate surface area is 144 Å². The third kappa shape index (κ3) is 4.32. The van der Waals surface area contributed by atoms with Gasteiger partial charge in [-0.2, -0.15) is 0 Å². The first-order valence-corrected chi connectivity index (χ1v) is 8.05. The van der Waals surface area contributed by atoms with Crippen molar-refractivity contribution in [2.75, 3.05) is 20.6 Å². The number of hydrogen-bond donors (Lipinski definition) is 1. The first-order chi connectivity index (χ1) is 10.5. The minimum absolute atomic E-state index is 0.0826. The molecule has 0 aliphatic carbocycles. The molecule has 0 aliphatic rings. The van der Waals surface area contributed by atoms with Gasteiger partial charge >= 0.3 is 0 Å². The quantitative estimate of drug-likeness (QED) is 0.772. The van der Waals surface area contributed by atoms with Crippen molar-refractivity contribution in [3.63, 3.8) is 0 Å². The maximum absolute atomic E-state index is 9.83. The Hall–Kier alpha value is -1.36. The van der Waals surface area contributed by atoms with Crippen molar-refractivity contribution in [1.29, 1.82) is 0 Å². The lowest BCUT2D eigenvalue weighted by molar-refractivity contribution is 0.307. The summed E-state index contributed by atoms with van der Waals surface area (Å²) in [6.45, 7) is 0.558. The van der Waals surface area contributed by atoms with E-state index in [2.05, 4.69) is 25.8 Å². The van der Waals surface area contributed by atoms with E-state index in [0.29, 0.717) is 12.1 Å². The fourth-order valence-electron chi connectivity index (χ4n) is 2.16. The number of halogens is 2. The molecule has 1 atom stereocenters. The Balaban J connectivity index is 2.18. The van der Waals surface area contributed by atoms with Crippen LogP contribution in [0, 0.1) is 0 Å². The number of phenolic OH excluding ortho intramolecular Hbond substituents is 1. The molecule has 0 radical (unpaired) electrons. The number of rotatable bonds is 5. The third-order valence-electron chi connectivity index (χ3n) is 3.39. The van der Waals surface area contributed by atoms with Crippen LogP contribution in [0.2, 0.25) is 5.02 Å². The lowest BCUT2D eigenvalue weighted by Crippen LogP contribution is -2.23. The molecule has 0 fully saturated rings. The van der Waals surface area contributed by atoms with Crippen LogP contribution in [0.5, 0.6) is 5.75 Å². The van der Waals surface area contributed by atoms with Crippen molar-refractivity contribution in [2.45, 2.75) is 6.04 Å². The minimum Gasteiger partial charge on any atom is -0.507 e. The summed E-state index contributed by atoms with van der Waals surface area (Å²) in [6, 6.07) is 13.1. The predicted molar refractivity (Wildman–Crippen MR) is 96.1 cm³/mol. The van der Waals surface area contributed by atoms with Crippen molar-refractivity contribution in [3.05, 3.63) is 63.1 Å². The van der Waals surface area contributed by atoms with E-state index in [1.807, 2.05) is 44.4 Å². The summed E-state index contributed by atoms with van der Waals surface area (Å²) in [4.78, 5) is 6.56. The van der Waals surface area contributed by atoms with Gasteiger partial charge in [0, 0.05) is 21.3 Å². The molecule has 0 aromatic heterocycles. The fraction of sp³-hybridized carbons (Fsp3) is 0.235. The van der Waals surface area contributed by atoms with E-state index >= 15 is 0 Å². The zero-order valence-electron chi connectivity index (χ0n) is 12.5. The molecule has 116 valence electrons. The van der Waals surface area contributed by atoms with Gasteiger partial charge in [-0.25, -0.2) is 0 Å². The van der Waals surface area contributed by atoms with Crippen LogP contribution in [0.4, 0.5) is 0 Å². The number of nitrogens with zero attached hydrogens (tertiary/aromatic N) is 2. The molecule has 5 heteroatoms. The van der Waals surface area contributed by atoms with Crippen LogP contribution in [-0.4, -0.2) is 36.9 Å². The van der Waals surface area contributed by atoms with Crippen LogP contribution in [0.3, 0.4) is 0 Å². The Morgan fingerprint density at radius 3 is 2.68 bits per heavy atom. The van der Waals surface area contributed by atoms with Crippen molar-refractivity contribution in [3.8, 4) is 5.75 Å². The van der Waals surface area contributed by atoms with E-state index < -0.39 is 0 Å². The highest BCUT2D eigenvalue weighted by Crippen LogP contribution is 2.26. The highest BCUT2D eigenvalue weighted by atomic mass is 79.9. The van der Waals surface area contributed by atoms with Gasteiger partial charge in [0.2, 0.25) is 0 Å². The van der Waals surface area contributed by atoms with E-state index in [4.69, 9.17) is 11.6 Å². The summed E-state index contributed by atoms with van der Waals surface area (Å²) in [7, 11) is 4.00. The van der Waals surface area contributed by atoms with Gasteiger partial charge in [-0.1, -0.05) is 45.7 Å². The molecule has 0 saturated carbocycles. The number of aromatic hydroxyl groups is 1. The van der Waals surface area contributed by atoms with E-state index in [0.717, 1.165) is 15.1 Å². The molecule has 0 unspecified atom stereocenters. The normalized spacial score (nSPS) is 13.0. The molecule has 0 amide bonds. The van der Waals surface area contributed by atoms with Crippen LogP contribution in [0.25, 0.3) is 0 Å². The average Bonchev–Trinajstić information content (AvgIpc) is 2.48. The van der Waals surface area contributed by atoms with E-state index in [9.17, 15) is 5.11 Å². The summed E-state index contributed by atoms with van der Waals surface area (Å²) in [5, 5.41) is 10.6. The third-order valence-corrected chi connectivity index (χ3v) is 4.22. The van der Waals surface area contributed by atoms with E-state index in [-0.39, 0.29) is 11.8 Å². The summed E-state index contributed by atoms with van der Waals surface area (Å²) in [5.74, 6) is 0.214. The second-order valence-corrected chi connectivity index (χ2v) is 6.52. The number of hydrogen-bond acceptors (Lipinski definition) is 3. The highest BCUT2D eigenvalue weighted by Gasteiger charge is 2.15. The van der Waals surface area contributed by atoms with E-state index in [1.54, 1.807) is 18.3 Å². The second kappa shape index (κ2) is 7.77. The molecule has 0 heterocycles. The standard InChI is InChI=1S/C17H18BrClN2O/c1-21(2)16(14-5-3-4-6-15(14)19)11-20-10-12-9-13(18)7-8-17(12)22/h3-10,16,22H,11H2,1-2H3/t16-/m0/s1. The first-order valence-electron chi connectivity index (χ1n) is 6.88. The monoisotopic (exact) mass is 380 g/mol. The highest BCUT2D eigenvalue weighted by molar-refractivity contribution is 9.10. The molecule has 0 spiro atoms. The van der Waals surface area contributed by atoms with Crippen molar-refractivity contribution in [2.24, 2.45) is 4.99 Å². The largest absolute Gasteiger partial charge is 0.507 e. The zero-order valence-corrected chi connectivity index (χ0v) is 14.8. The molecule has 0 saturated heterocycles. The topological polar surface area (TPSA) is 35.8 Å². The van der Waals surface area contributed by atoms with Gasteiger partial charge in [0.05, 0.1) is 12.6 Å². The Morgan fingerprint density at radius 1 is 1.27 bits per heavy atom. The number of benzene rings is 2. The number of aliphatic imine (C=N–C) groups is 1. The molecule has 0 bridgehead atoms. The smallest absolute Gasteiger partial charge is 0.124 e. The average molecular weight is 382 g/mol. The lowest BCUT2D eigenvalue weighted by Gasteiger charge is -2.24. The van der Waals surface area contributed by atoms with Gasteiger partial charge < -0.3 is 10.0 Å². The Bertz CT molecular complexity index is 673. The number of likely N-dealkylation sites (N-methyl/N-ethyl adjacent to an activating group) is 1. The Morgan fingerprint density at radius 2 is 2.00 bits per heavy atom. The molecular formula is C17H18BrClN2O. The summed E-state index contributed by atoms with van der Waals surface area (Å²) >= 11 is 9.67. The predicted octanol–water partition coefficient (Wildman–Crippen LogP) is 4.53. The molecule has 2 aromatic rings. The lowest BCUT2D eigenvalue weighted by atomic mass is 10.1. The second-order valence-electron chi connectivity index (χ2n) is 5.20. The van der Waals surface area contributed by atoms with Gasteiger partial charge in [-0.15, -0.1) is 0 Å². The van der Waals surface area contributed by atoms with Crippen LogP contribution in [0.1, 0.15) is 17.2 Å². The summed E-state index contributed by atoms with van der Waals surface area (Å²) in [5.41, 5.74) is 1.73. The first kappa shape index (κ1) is 17.0. The molecular weight excluding hydrogens is 364 g/mol. The van der Waals surface area contributed by atoms with Gasteiger partial charge in [0.15, 0.2) is 0 Å². The molecule has 2 rings (SSSR count). The number of phenols is 1. The van der Waals surface area contributed by atoms with Crippen molar-refractivity contribution in [1.82, 2.24) is 4.90 Å². The molecule has 22 heavy (non-hydrogen) atoms. The molecule has 3 nitrogen and oxygen atoms in total. The summed E-state index contributed by atoms with van der Waals surface area (Å²) < 4.78 is 0.905. The van der Waals surface area contributed by atoms with Crippen LogP contribution >= 0.6 is 27.5 Å². The molecule has 2 aromatic carbocycles. The van der Waals surface area contributed by atoms with Gasteiger partial charge in [0.1, 0.15) is 5.75 Å². The van der Waals surface area contributed by atoms with Crippen molar-refractivity contribution < 1.29 is 5.11 Å². The van der Waals surface area contributed by atoms with Crippen LogP contribution < -0.4 is 0 Å². The fourth-order valence-corrected chi connectivity index (χ4v) is 2.81. The van der Waals surface area contributed by atoms with Crippen LogP contribution in [0.15, 0.2) is 51.9 Å². The maximum Gasteiger partial charge on any atom is 0.124 e. The SMILES string of the molecule is CN(C)[C@@H](CN=Cc1cc(Br)ccc1O)c1ccccc1Cl. The van der Waals surface area contributed by atoms with Gasteiger partial charge in [0.25, 0.3) is 0 Å². The maximum atomic E-state index is 9.83. The molecule has 1 N–H and O–H groups in total. The minimum atomic E-state index is 0.0826. The zero-order chi connectivity index (χ0) is 16.1. The summed E-state index contributed by atoms with van der Waals surface area (Å²) in [6.07, 6.45) is 1.69. The molecule has 0 aliphatic heterocycles. The van der Waals surface area contributed by atoms with E-state index in [1.165, 1.54) is 0 Å². The van der Waals surface area contributed by atoms with Crippen LogP contribution in [-0.2, 0) is 0 Å².